The van der Waals surface area contributed by atoms with Crippen molar-refractivity contribution < 1.29 is 27.8 Å². The molecule has 24 heavy (non-hydrogen) atoms. The fourth-order valence-corrected chi connectivity index (χ4v) is 2.38. The molecule has 0 saturated heterocycles. The van der Waals surface area contributed by atoms with Gasteiger partial charge in [0.25, 0.3) is 0 Å². The van der Waals surface area contributed by atoms with Crippen molar-refractivity contribution in [2.45, 2.75) is 20.8 Å². The molecule has 0 spiro atoms. The Morgan fingerprint density at radius 2 is 1.92 bits per heavy atom. The Balaban J connectivity index is 2.16. The van der Waals surface area contributed by atoms with Gasteiger partial charge in [-0.2, -0.15) is 0 Å². The number of aryl methyl sites for hydroxylation is 1. The number of rotatable bonds is 6. The van der Waals surface area contributed by atoms with E-state index in [1.54, 1.807) is 20.8 Å². The van der Waals surface area contributed by atoms with Crippen molar-refractivity contribution in [2.24, 2.45) is 0 Å². The van der Waals surface area contributed by atoms with E-state index in [9.17, 15) is 18.4 Å². The first-order valence-electron chi connectivity index (χ1n) is 7.32. The monoisotopic (exact) mass is 337 g/mol. The van der Waals surface area contributed by atoms with Gasteiger partial charge in [0.15, 0.2) is 18.2 Å². The molecule has 1 aromatic heterocycles. The van der Waals surface area contributed by atoms with Crippen LogP contribution < -0.4 is 4.74 Å². The van der Waals surface area contributed by atoms with Crippen molar-refractivity contribution in [3.05, 3.63) is 52.3 Å². The van der Waals surface area contributed by atoms with Crippen molar-refractivity contribution in [3.63, 3.8) is 0 Å². The summed E-state index contributed by atoms with van der Waals surface area (Å²) in [7, 11) is 0. The maximum Gasteiger partial charge on any atom is 0.355 e. The van der Waals surface area contributed by atoms with Gasteiger partial charge >= 0.3 is 5.97 Å². The maximum absolute atomic E-state index is 13.5. The van der Waals surface area contributed by atoms with Crippen molar-refractivity contribution in [3.8, 4) is 5.75 Å². The predicted molar refractivity (Wildman–Crippen MR) is 82.4 cm³/mol. The van der Waals surface area contributed by atoms with E-state index in [0.717, 1.165) is 12.1 Å². The number of benzene rings is 1. The van der Waals surface area contributed by atoms with Crippen LogP contribution in [0.4, 0.5) is 8.78 Å². The van der Waals surface area contributed by atoms with Crippen molar-refractivity contribution in [1.82, 2.24) is 4.98 Å². The molecule has 0 aliphatic heterocycles. The number of carbonyl (C=O) groups is 2. The van der Waals surface area contributed by atoms with Gasteiger partial charge < -0.3 is 14.5 Å². The van der Waals surface area contributed by atoms with E-state index in [4.69, 9.17) is 9.47 Å². The van der Waals surface area contributed by atoms with E-state index >= 15 is 0 Å². The Bertz CT molecular complexity index is 783. The van der Waals surface area contributed by atoms with Crippen LogP contribution in [0, 0.1) is 25.5 Å². The number of carbonyl (C=O) groups excluding carboxylic acids is 2. The van der Waals surface area contributed by atoms with Gasteiger partial charge in [0.2, 0.25) is 5.78 Å². The number of nitrogens with one attached hydrogen (secondary N) is 1. The van der Waals surface area contributed by atoms with Crippen LogP contribution in [-0.4, -0.2) is 30.0 Å². The number of esters is 1. The van der Waals surface area contributed by atoms with E-state index in [-0.39, 0.29) is 18.1 Å². The van der Waals surface area contributed by atoms with Crippen LogP contribution in [0.1, 0.15) is 39.0 Å². The van der Waals surface area contributed by atoms with Gasteiger partial charge in [-0.05, 0) is 38.5 Å². The van der Waals surface area contributed by atoms with Gasteiger partial charge in [0.05, 0.1) is 6.61 Å². The maximum atomic E-state index is 13.5. The van der Waals surface area contributed by atoms with Crippen LogP contribution in [0.3, 0.4) is 0 Å². The quantitative estimate of drug-likeness (QED) is 0.648. The lowest BCUT2D eigenvalue weighted by molar-refractivity contribution is 0.0519. The highest BCUT2D eigenvalue weighted by Gasteiger charge is 2.23. The first-order valence-corrected chi connectivity index (χ1v) is 7.32. The number of halogens is 2. The zero-order chi connectivity index (χ0) is 17.9. The highest BCUT2D eigenvalue weighted by atomic mass is 19.1. The molecule has 0 unspecified atom stereocenters. The normalized spacial score (nSPS) is 10.5. The molecule has 0 bridgehead atoms. The van der Waals surface area contributed by atoms with E-state index in [1.807, 2.05) is 0 Å². The second-order valence-corrected chi connectivity index (χ2v) is 5.13. The van der Waals surface area contributed by atoms with E-state index in [2.05, 4.69) is 4.98 Å². The molecular weight excluding hydrogens is 320 g/mol. The lowest BCUT2D eigenvalue weighted by atomic mass is 10.1. The SMILES string of the molecule is CCOC(=O)c1[nH]c(C)c(C(=O)COc2ccc(F)cc2F)c1C. The summed E-state index contributed by atoms with van der Waals surface area (Å²) in [5.74, 6) is -2.83. The second-order valence-electron chi connectivity index (χ2n) is 5.13. The molecule has 2 aromatic rings. The van der Waals surface area contributed by atoms with E-state index in [0.29, 0.717) is 22.9 Å². The smallest absolute Gasteiger partial charge is 0.355 e. The van der Waals surface area contributed by atoms with Crippen molar-refractivity contribution in [2.75, 3.05) is 13.2 Å². The molecule has 1 aromatic carbocycles. The second kappa shape index (κ2) is 7.25. The number of hydrogen-bond donors (Lipinski definition) is 1. The average molecular weight is 337 g/mol. The number of hydrogen-bond acceptors (Lipinski definition) is 4. The average Bonchev–Trinajstić information content (AvgIpc) is 2.81. The van der Waals surface area contributed by atoms with Crippen LogP contribution in [0.25, 0.3) is 0 Å². The lowest BCUT2D eigenvalue weighted by Crippen LogP contribution is -2.14. The summed E-state index contributed by atoms with van der Waals surface area (Å²) in [6.45, 7) is 4.71. The Hall–Kier alpha value is -2.70. The third-order valence-corrected chi connectivity index (χ3v) is 3.45. The van der Waals surface area contributed by atoms with E-state index < -0.39 is 30.0 Å². The van der Waals surface area contributed by atoms with Crippen molar-refractivity contribution in [1.29, 1.82) is 0 Å². The summed E-state index contributed by atoms with van der Waals surface area (Å²) in [6.07, 6.45) is 0. The minimum Gasteiger partial charge on any atom is -0.482 e. The fourth-order valence-electron chi connectivity index (χ4n) is 2.38. The number of H-pyrrole nitrogens is 1. The van der Waals surface area contributed by atoms with Crippen LogP contribution in [0.2, 0.25) is 0 Å². The number of aromatic nitrogens is 1. The van der Waals surface area contributed by atoms with Crippen LogP contribution in [-0.2, 0) is 4.74 Å². The summed E-state index contributed by atoms with van der Waals surface area (Å²) in [5.41, 5.74) is 1.43. The third kappa shape index (κ3) is 3.61. The van der Waals surface area contributed by atoms with E-state index in [1.165, 1.54) is 0 Å². The number of aromatic amines is 1. The van der Waals surface area contributed by atoms with Gasteiger partial charge in [-0.15, -0.1) is 0 Å². The molecular formula is C17H17F2NO4. The molecule has 128 valence electrons. The molecule has 0 atom stereocenters. The summed E-state index contributed by atoms with van der Waals surface area (Å²) in [5, 5.41) is 0. The number of ketones is 1. The Morgan fingerprint density at radius 3 is 2.54 bits per heavy atom. The third-order valence-electron chi connectivity index (χ3n) is 3.45. The van der Waals surface area contributed by atoms with Gasteiger partial charge in [0, 0.05) is 17.3 Å². The van der Waals surface area contributed by atoms with Crippen LogP contribution in [0.15, 0.2) is 18.2 Å². The molecule has 1 N–H and O–H groups in total. The number of ether oxygens (including phenoxy) is 2. The highest BCUT2D eigenvalue weighted by molar-refractivity contribution is 6.03. The molecule has 5 nitrogen and oxygen atoms in total. The fraction of sp³-hybridized carbons (Fsp3) is 0.294. The summed E-state index contributed by atoms with van der Waals surface area (Å²) < 4.78 is 36.4. The van der Waals surface area contributed by atoms with Gasteiger partial charge in [0.1, 0.15) is 11.5 Å². The minimum absolute atomic E-state index is 0.200. The Labute approximate surface area is 137 Å². The Kier molecular flexibility index (Phi) is 5.33. The van der Waals surface area contributed by atoms with Gasteiger partial charge in [-0.25, -0.2) is 13.6 Å². The summed E-state index contributed by atoms with van der Waals surface area (Å²) in [6, 6.07) is 2.82. The molecule has 0 radical (unpaired) electrons. The highest BCUT2D eigenvalue weighted by Crippen LogP contribution is 2.21. The zero-order valence-corrected chi connectivity index (χ0v) is 13.5. The standard InChI is InChI=1S/C17H17F2NO4/c1-4-23-17(22)16-9(2)15(10(3)20-16)13(21)8-24-14-6-5-11(18)7-12(14)19/h5-7,20H,4,8H2,1-3H3. The topological polar surface area (TPSA) is 68.4 Å². The molecule has 1 heterocycles. The van der Waals surface area contributed by atoms with Crippen molar-refractivity contribution >= 4 is 11.8 Å². The van der Waals surface area contributed by atoms with Crippen LogP contribution >= 0.6 is 0 Å². The molecule has 2 rings (SSSR count). The van der Waals surface area contributed by atoms with Crippen LogP contribution in [0.5, 0.6) is 5.75 Å². The minimum atomic E-state index is -0.891. The number of Topliss-reactive ketones (excluding diaryl/α,β-unsaturated/α-hetero) is 1. The molecule has 0 saturated carbocycles. The zero-order valence-electron chi connectivity index (χ0n) is 13.5. The first-order chi connectivity index (χ1) is 11.3. The molecule has 0 aliphatic rings. The molecule has 0 aliphatic carbocycles. The molecule has 0 amide bonds. The van der Waals surface area contributed by atoms with Gasteiger partial charge in [-0.1, -0.05) is 0 Å². The van der Waals surface area contributed by atoms with Gasteiger partial charge in [-0.3, -0.25) is 4.79 Å². The lowest BCUT2D eigenvalue weighted by Gasteiger charge is -2.07. The largest absolute Gasteiger partial charge is 0.482 e. The summed E-state index contributed by atoms with van der Waals surface area (Å²) >= 11 is 0. The molecule has 0 fully saturated rings. The molecule has 7 heteroatoms. The Morgan fingerprint density at radius 1 is 1.21 bits per heavy atom. The summed E-state index contributed by atoms with van der Waals surface area (Å²) in [4.78, 5) is 27.0. The first kappa shape index (κ1) is 17.7. The predicted octanol–water partition coefficient (Wildman–Crippen LogP) is 3.35.